The summed E-state index contributed by atoms with van der Waals surface area (Å²) in [5.41, 5.74) is 4.67. The van der Waals surface area contributed by atoms with Crippen LogP contribution in [0.4, 0.5) is 11.4 Å². The van der Waals surface area contributed by atoms with Gasteiger partial charge >= 0.3 is 0 Å². The van der Waals surface area contributed by atoms with Crippen LogP contribution < -0.4 is 20.3 Å². The predicted octanol–water partition coefficient (Wildman–Crippen LogP) is 2.35. The second-order valence-corrected chi connectivity index (χ2v) is 4.49. The number of nitro groups is 2. The van der Waals surface area contributed by atoms with Gasteiger partial charge in [-0.05, 0) is 24.3 Å². The molecule has 2 rings (SSSR count). The van der Waals surface area contributed by atoms with E-state index in [0.717, 1.165) is 0 Å². The van der Waals surface area contributed by atoms with Crippen molar-refractivity contribution in [3.63, 3.8) is 0 Å². The summed E-state index contributed by atoms with van der Waals surface area (Å²) in [6, 6.07) is 12.6. The van der Waals surface area contributed by atoms with Crippen LogP contribution in [0, 0.1) is 20.2 Å². The van der Waals surface area contributed by atoms with Gasteiger partial charge in [0.1, 0.15) is 36.1 Å². The SMILES string of the molecule is O=[N+]([O-])Nc1cccc(OCCOc2cccc(N[N+](=O)[O-])c2)c1. The summed E-state index contributed by atoms with van der Waals surface area (Å²) < 4.78 is 10.9. The van der Waals surface area contributed by atoms with Crippen LogP contribution in [0.1, 0.15) is 0 Å². The Balaban J connectivity index is 1.80. The molecule has 0 unspecified atom stereocenters. The number of rotatable bonds is 9. The fourth-order valence-electron chi connectivity index (χ4n) is 1.84. The van der Waals surface area contributed by atoms with Gasteiger partial charge in [-0.3, -0.25) is 0 Å². The summed E-state index contributed by atoms with van der Waals surface area (Å²) in [6.45, 7) is 0.406. The first-order valence-corrected chi connectivity index (χ1v) is 6.81. The molecule has 0 heterocycles. The maximum atomic E-state index is 10.4. The number of hydrazine groups is 2. The molecule has 0 atom stereocenters. The molecule has 0 aromatic heterocycles. The van der Waals surface area contributed by atoms with Gasteiger partial charge in [-0.2, -0.15) is 0 Å². The van der Waals surface area contributed by atoms with Gasteiger partial charge in [0.25, 0.3) is 0 Å². The third kappa shape index (κ3) is 5.67. The van der Waals surface area contributed by atoms with Crippen LogP contribution in [0.15, 0.2) is 48.5 Å². The van der Waals surface area contributed by atoms with Crippen molar-refractivity contribution < 1.29 is 19.5 Å². The molecule has 0 aliphatic heterocycles. The number of nitrogens with one attached hydrogen (secondary N) is 2. The van der Waals surface area contributed by atoms with Gasteiger partial charge in [0, 0.05) is 12.1 Å². The minimum Gasteiger partial charge on any atom is -0.490 e. The minimum atomic E-state index is -0.659. The van der Waals surface area contributed by atoms with Crippen molar-refractivity contribution in [3.8, 4) is 11.5 Å². The smallest absolute Gasteiger partial charge is 0.162 e. The van der Waals surface area contributed by atoms with Gasteiger partial charge in [0.15, 0.2) is 10.1 Å². The normalized spacial score (nSPS) is 9.83. The first kappa shape index (κ1) is 16.8. The van der Waals surface area contributed by atoms with Crippen LogP contribution in [0.5, 0.6) is 11.5 Å². The van der Waals surface area contributed by atoms with E-state index in [4.69, 9.17) is 9.47 Å². The fourth-order valence-corrected chi connectivity index (χ4v) is 1.84. The van der Waals surface area contributed by atoms with Gasteiger partial charge in [0.05, 0.1) is 0 Å². The molecule has 0 spiro atoms. The maximum Gasteiger partial charge on any atom is 0.162 e. The minimum absolute atomic E-state index is 0.203. The third-order valence-electron chi connectivity index (χ3n) is 2.73. The Morgan fingerprint density at radius 3 is 1.58 bits per heavy atom. The van der Waals surface area contributed by atoms with Crippen LogP contribution in [-0.4, -0.2) is 23.3 Å². The molecular weight excluding hydrogens is 320 g/mol. The van der Waals surface area contributed by atoms with Crippen molar-refractivity contribution >= 4 is 11.4 Å². The highest BCUT2D eigenvalue weighted by Crippen LogP contribution is 2.18. The highest BCUT2D eigenvalue weighted by Gasteiger charge is 2.03. The maximum absolute atomic E-state index is 10.4. The van der Waals surface area contributed by atoms with Crippen molar-refractivity contribution in [1.82, 2.24) is 0 Å². The Bertz CT molecular complexity index is 662. The molecule has 0 aliphatic rings. The van der Waals surface area contributed by atoms with Crippen LogP contribution in [-0.2, 0) is 0 Å². The van der Waals surface area contributed by atoms with Crippen molar-refractivity contribution in [2.45, 2.75) is 0 Å². The number of nitrogens with zero attached hydrogens (tertiary/aromatic N) is 2. The monoisotopic (exact) mass is 334 g/mol. The Kier molecular flexibility index (Phi) is 5.72. The van der Waals surface area contributed by atoms with Crippen molar-refractivity contribution in [2.75, 3.05) is 24.1 Å². The molecule has 10 nitrogen and oxygen atoms in total. The molecule has 0 saturated carbocycles. The average Bonchev–Trinajstić information content (AvgIpc) is 2.51. The first-order valence-electron chi connectivity index (χ1n) is 6.81. The summed E-state index contributed by atoms with van der Waals surface area (Å²) in [4.78, 5) is 20.8. The van der Waals surface area contributed by atoms with E-state index in [9.17, 15) is 20.2 Å². The van der Waals surface area contributed by atoms with Crippen molar-refractivity contribution in [3.05, 3.63) is 68.8 Å². The molecule has 0 saturated heterocycles. The number of benzene rings is 2. The van der Waals surface area contributed by atoms with E-state index in [-0.39, 0.29) is 13.2 Å². The quantitative estimate of drug-likeness (QED) is 0.406. The second-order valence-electron chi connectivity index (χ2n) is 4.49. The summed E-state index contributed by atoms with van der Waals surface area (Å²) in [6.07, 6.45) is 0. The Morgan fingerprint density at radius 2 is 1.21 bits per heavy atom. The molecule has 0 bridgehead atoms. The molecule has 2 aromatic rings. The van der Waals surface area contributed by atoms with Gasteiger partial charge in [-0.1, -0.05) is 12.1 Å². The van der Waals surface area contributed by atoms with Crippen LogP contribution in [0.2, 0.25) is 0 Å². The summed E-state index contributed by atoms with van der Waals surface area (Å²) in [5.74, 6) is 0.906. The van der Waals surface area contributed by atoms with E-state index in [1.54, 1.807) is 36.4 Å². The summed E-state index contributed by atoms with van der Waals surface area (Å²) in [5, 5.41) is 19.4. The van der Waals surface area contributed by atoms with Gasteiger partial charge < -0.3 is 9.47 Å². The van der Waals surface area contributed by atoms with Gasteiger partial charge in [-0.25, -0.2) is 20.2 Å². The van der Waals surface area contributed by atoms with Crippen molar-refractivity contribution in [2.24, 2.45) is 0 Å². The molecule has 24 heavy (non-hydrogen) atoms. The molecule has 0 aliphatic carbocycles. The highest BCUT2D eigenvalue weighted by molar-refractivity contribution is 5.47. The lowest BCUT2D eigenvalue weighted by Gasteiger charge is -2.09. The van der Waals surface area contributed by atoms with Crippen LogP contribution in [0.3, 0.4) is 0 Å². The van der Waals surface area contributed by atoms with Gasteiger partial charge in [-0.15, -0.1) is 10.9 Å². The molecule has 2 N–H and O–H groups in total. The van der Waals surface area contributed by atoms with E-state index in [2.05, 4.69) is 0 Å². The Morgan fingerprint density at radius 1 is 0.792 bits per heavy atom. The largest absolute Gasteiger partial charge is 0.490 e. The Hall–Kier alpha value is -3.56. The molecule has 0 radical (unpaired) electrons. The lowest BCUT2D eigenvalue weighted by Crippen LogP contribution is -2.11. The number of anilines is 2. The topological polar surface area (TPSA) is 129 Å². The standard InChI is InChI=1S/C14H14N4O6/c19-17(20)15-11-3-1-5-13(9-11)23-7-8-24-14-6-2-4-12(10-14)16-18(21)22/h1-6,9-10,15-16H,7-8H2. The second kappa shape index (κ2) is 8.17. The molecule has 0 amide bonds. The third-order valence-corrected chi connectivity index (χ3v) is 2.73. The zero-order chi connectivity index (χ0) is 17.4. The van der Waals surface area contributed by atoms with Crippen LogP contribution >= 0.6 is 0 Å². The van der Waals surface area contributed by atoms with Crippen LogP contribution in [0.25, 0.3) is 0 Å². The number of hydrogen-bond acceptors (Lipinski definition) is 6. The fraction of sp³-hybridized carbons (Fsp3) is 0.143. The first-order chi connectivity index (χ1) is 11.5. The summed E-state index contributed by atoms with van der Waals surface area (Å²) in [7, 11) is 0. The lowest BCUT2D eigenvalue weighted by atomic mass is 10.3. The number of ether oxygens (including phenoxy) is 2. The predicted molar refractivity (Wildman–Crippen MR) is 85.1 cm³/mol. The van der Waals surface area contributed by atoms with Gasteiger partial charge in [0.2, 0.25) is 0 Å². The average molecular weight is 334 g/mol. The molecule has 0 fully saturated rings. The van der Waals surface area contributed by atoms with E-state index >= 15 is 0 Å². The van der Waals surface area contributed by atoms with E-state index in [1.807, 2.05) is 10.9 Å². The van der Waals surface area contributed by atoms with Crippen molar-refractivity contribution in [1.29, 1.82) is 0 Å². The lowest BCUT2D eigenvalue weighted by molar-refractivity contribution is -0.445. The molecule has 126 valence electrons. The zero-order valence-corrected chi connectivity index (χ0v) is 12.4. The molecular formula is C14H14N4O6. The highest BCUT2D eigenvalue weighted by atomic mass is 16.7. The molecule has 10 heteroatoms. The Labute approximate surface area is 136 Å². The van der Waals surface area contributed by atoms with E-state index in [0.29, 0.717) is 22.9 Å². The summed E-state index contributed by atoms with van der Waals surface area (Å²) >= 11 is 0. The number of hydrogen-bond donors (Lipinski definition) is 2. The van der Waals surface area contributed by atoms with E-state index < -0.39 is 10.1 Å². The zero-order valence-electron chi connectivity index (χ0n) is 12.4. The molecule has 2 aromatic carbocycles. The van der Waals surface area contributed by atoms with E-state index in [1.165, 1.54) is 12.1 Å².